The van der Waals surface area contributed by atoms with Crippen LogP contribution in [0.25, 0.3) is 55.0 Å². The van der Waals surface area contributed by atoms with Gasteiger partial charge in [-0.05, 0) is 133 Å². The van der Waals surface area contributed by atoms with Gasteiger partial charge in [0.15, 0.2) is 0 Å². The fraction of sp³-hybridized carbons (Fsp3) is 0.0370. The Morgan fingerprint density at radius 3 is 1.95 bits per heavy atom. The lowest BCUT2D eigenvalue weighted by atomic mass is 9.67. The second-order valence-electron chi connectivity index (χ2n) is 15.2. The monoisotopic (exact) mass is 713 g/mol. The van der Waals surface area contributed by atoms with Crippen molar-refractivity contribution in [1.82, 2.24) is 0 Å². The summed E-state index contributed by atoms with van der Waals surface area (Å²) in [5.74, 6) is 0. The highest BCUT2D eigenvalue weighted by Crippen LogP contribution is 2.58. The lowest BCUT2D eigenvalue weighted by Crippen LogP contribution is -2.28. The van der Waals surface area contributed by atoms with Gasteiger partial charge in [-0.25, -0.2) is 0 Å². The fourth-order valence-electron chi connectivity index (χ4n) is 9.87. The molecule has 2 aliphatic rings. The van der Waals surface area contributed by atoms with Crippen molar-refractivity contribution in [1.29, 1.82) is 0 Å². The maximum absolute atomic E-state index is 6.36. The third-order valence-electron chi connectivity index (χ3n) is 12.3. The Kier molecular flexibility index (Phi) is 6.64. The van der Waals surface area contributed by atoms with Gasteiger partial charge >= 0.3 is 0 Å². The predicted octanol–water partition coefficient (Wildman–Crippen LogP) is 14.1. The van der Waals surface area contributed by atoms with Crippen molar-refractivity contribution < 1.29 is 4.42 Å². The lowest BCUT2D eigenvalue weighted by Gasteiger charge is -2.34. The first-order chi connectivity index (χ1) is 27.7. The van der Waals surface area contributed by atoms with Gasteiger partial charge in [-0.1, -0.05) is 133 Å². The summed E-state index contributed by atoms with van der Waals surface area (Å²) in [7, 11) is 0. The third kappa shape index (κ3) is 4.44. The van der Waals surface area contributed by atoms with Crippen LogP contribution in [0.15, 0.2) is 205 Å². The molecule has 0 amide bonds. The summed E-state index contributed by atoms with van der Waals surface area (Å²) in [4.78, 5) is 2.35. The normalized spacial score (nSPS) is 15.1. The molecule has 1 heterocycles. The Balaban J connectivity index is 1.02. The zero-order chi connectivity index (χ0) is 36.8. The number of hydrogen-bond acceptors (Lipinski definition) is 2. The number of furan rings is 1. The highest BCUT2D eigenvalue weighted by Gasteiger charge is 2.46. The Bertz CT molecular complexity index is 3180. The lowest BCUT2D eigenvalue weighted by molar-refractivity contribution is 0.669. The molecule has 0 saturated carbocycles. The van der Waals surface area contributed by atoms with Crippen molar-refractivity contribution in [2.24, 2.45) is 0 Å². The van der Waals surface area contributed by atoms with Crippen LogP contribution in [0.2, 0.25) is 0 Å². The highest BCUT2D eigenvalue weighted by molar-refractivity contribution is 6.06. The van der Waals surface area contributed by atoms with Gasteiger partial charge in [0.05, 0.1) is 5.41 Å². The van der Waals surface area contributed by atoms with E-state index in [2.05, 4.69) is 193 Å². The van der Waals surface area contributed by atoms with E-state index in [0.717, 1.165) is 45.4 Å². The van der Waals surface area contributed by atoms with Gasteiger partial charge < -0.3 is 9.32 Å². The average molecular weight is 714 g/mol. The number of fused-ring (bicyclic) bond motifs is 10. The molecule has 2 aliphatic carbocycles. The van der Waals surface area contributed by atoms with Gasteiger partial charge in [0.25, 0.3) is 0 Å². The maximum atomic E-state index is 6.36. The molecule has 56 heavy (non-hydrogen) atoms. The van der Waals surface area contributed by atoms with Gasteiger partial charge in [-0.3, -0.25) is 0 Å². The topological polar surface area (TPSA) is 16.4 Å². The van der Waals surface area contributed by atoms with E-state index in [1.165, 1.54) is 66.4 Å². The standard InChI is InChI=1S/C54H35NO/c1-3-15-39(16-4-1)54(50-21-11-9-19-45(50)49-31-35-13-7-8-14-36(35)32-51(49)54)40-24-23-37-29-38-30-42(25-27-44(38)48(37)33-40)55(41-17-5-2-6-18-41)43-26-28-47-46-20-10-12-22-52(46)56-53(47)34-43/h1-28,30-34H,29H2. The smallest absolute Gasteiger partial charge is 0.137 e. The Labute approximate surface area is 325 Å². The second-order valence-corrected chi connectivity index (χ2v) is 15.2. The summed E-state index contributed by atoms with van der Waals surface area (Å²) in [6, 6.07) is 73.6. The minimum absolute atomic E-state index is 0.464. The first kappa shape index (κ1) is 31.2. The molecule has 0 fully saturated rings. The van der Waals surface area contributed by atoms with Gasteiger partial charge in [0, 0.05) is 33.9 Å². The summed E-state index contributed by atoms with van der Waals surface area (Å²) in [5.41, 5.74) is 17.9. The van der Waals surface area contributed by atoms with E-state index in [1.54, 1.807) is 0 Å². The average Bonchev–Trinajstić information content (AvgIpc) is 3.91. The molecule has 9 aromatic carbocycles. The Morgan fingerprint density at radius 1 is 0.375 bits per heavy atom. The molecule has 0 N–H and O–H groups in total. The van der Waals surface area contributed by atoms with Crippen LogP contribution < -0.4 is 4.90 Å². The maximum Gasteiger partial charge on any atom is 0.137 e. The minimum Gasteiger partial charge on any atom is -0.456 e. The minimum atomic E-state index is -0.464. The van der Waals surface area contributed by atoms with Crippen LogP contribution in [-0.2, 0) is 11.8 Å². The number of rotatable bonds is 5. The molecular weight excluding hydrogens is 679 g/mol. The highest BCUT2D eigenvalue weighted by atomic mass is 16.3. The zero-order valence-electron chi connectivity index (χ0n) is 30.6. The van der Waals surface area contributed by atoms with E-state index >= 15 is 0 Å². The molecule has 2 heteroatoms. The number of para-hydroxylation sites is 2. The molecular formula is C54H35NO. The molecule has 262 valence electrons. The third-order valence-corrected chi connectivity index (χ3v) is 12.3. The van der Waals surface area contributed by atoms with E-state index in [1.807, 2.05) is 12.1 Å². The van der Waals surface area contributed by atoms with Gasteiger partial charge in [0.2, 0.25) is 0 Å². The molecule has 0 aliphatic heterocycles. The van der Waals surface area contributed by atoms with Crippen LogP contribution >= 0.6 is 0 Å². The molecule has 1 unspecified atom stereocenters. The largest absolute Gasteiger partial charge is 0.456 e. The quantitative estimate of drug-likeness (QED) is 0.177. The van der Waals surface area contributed by atoms with Crippen LogP contribution in [0.3, 0.4) is 0 Å². The van der Waals surface area contributed by atoms with Gasteiger partial charge in [-0.2, -0.15) is 0 Å². The second kappa shape index (κ2) is 11.9. The van der Waals surface area contributed by atoms with Crippen LogP contribution in [0.1, 0.15) is 33.4 Å². The van der Waals surface area contributed by atoms with Crippen LogP contribution in [0.4, 0.5) is 17.1 Å². The number of benzene rings is 9. The Morgan fingerprint density at radius 2 is 1.07 bits per heavy atom. The Hall–Kier alpha value is -7.16. The molecule has 2 nitrogen and oxygen atoms in total. The summed E-state index contributed by atoms with van der Waals surface area (Å²) in [5, 5.41) is 4.81. The number of nitrogens with zero attached hydrogens (tertiary/aromatic N) is 1. The summed E-state index contributed by atoms with van der Waals surface area (Å²) in [6.07, 6.45) is 0.889. The molecule has 0 saturated heterocycles. The van der Waals surface area contributed by atoms with Crippen LogP contribution in [0, 0.1) is 0 Å². The fourth-order valence-corrected chi connectivity index (χ4v) is 9.87. The molecule has 1 atom stereocenters. The summed E-state index contributed by atoms with van der Waals surface area (Å²) in [6.45, 7) is 0. The van der Waals surface area contributed by atoms with Crippen molar-refractivity contribution in [2.45, 2.75) is 11.8 Å². The van der Waals surface area contributed by atoms with Crippen LogP contribution in [-0.4, -0.2) is 0 Å². The summed E-state index contributed by atoms with van der Waals surface area (Å²) < 4.78 is 6.36. The number of hydrogen-bond donors (Lipinski definition) is 0. The van der Waals surface area contributed by atoms with Crippen molar-refractivity contribution >= 4 is 49.8 Å². The first-order valence-corrected chi connectivity index (χ1v) is 19.5. The van der Waals surface area contributed by atoms with Gasteiger partial charge in [0.1, 0.15) is 11.2 Å². The van der Waals surface area contributed by atoms with Crippen molar-refractivity contribution in [3.63, 3.8) is 0 Å². The molecule has 12 rings (SSSR count). The van der Waals surface area contributed by atoms with Crippen molar-refractivity contribution in [3.05, 3.63) is 234 Å². The van der Waals surface area contributed by atoms with Crippen molar-refractivity contribution in [2.75, 3.05) is 4.90 Å². The van der Waals surface area contributed by atoms with E-state index in [9.17, 15) is 0 Å². The first-order valence-electron chi connectivity index (χ1n) is 19.5. The molecule has 0 radical (unpaired) electrons. The molecule has 10 aromatic rings. The van der Waals surface area contributed by atoms with E-state index in [4.69, 9.17) is 4.42 Å². The molecule has 0 spiro atoms. The van der Waals surface area contributed by atoms with Gasteiger partial charge in [-0.15, -0.1) is 0 Å². The van der Waals surface area contributed by atoms with Crippen molar-refractivity contribution in [3.8, 4) is 22.3 Å². The SMILES string of the molecule is c1ccc(N(c2ccc3c(c2)Cc2ccc(C4(c5ccccc5)c5ccccc5-c5cc6ccccc6cc54)cc2-3)c2ccc3c(c2)oc2ccccc23)cc1. The van der Waals surface area contributed by atoms with Crippen LogP contribution in [0.5, 0.6) is 0 Å². The number of anilines is 3. The van der Waals surface area contributed by atoms with E-state index < -0.39 is 5.41 Å². The molecule has 0 bridgehead atoms. The zero-order valence-corrected chi connectivity index (χ0v) is 30.6. The van der Waals surface area contributed by atoms with E-state index in [-0.39, 0.29) is 0 Å². The predicted molar refractivity (Wildman–Crippen MR) is 231 cm³/mol. The van der Waals surface area contributed by atoms with E-state index in [0.29, 0.717) is 0 Å². The molecule has 1 aromatic heterocycles. The summed E-state index contributed by atoms with van der Waals surface area (Å²) >= 11 is 0.